The molecule has 0 aromatic heterocycles. The SMILES string of the molecule is CN(CCS(=O)(=O)CCC(N)=O)C(C)(C)CO. The van der Waals surface area contributed by atoms with Crippen molar-refractivity contribution in [2.45, 2.75) is 25.8 Å². The van der Waals surface area contributed by atoms with E-state index in [1.807, 2.05) is 13.8 Å². The lowest BCUT2D eigenvalue weighted by molar-refractivity contribution is -0.117. The van der Waals surface area contributed by atoms with Crippen LogP contribution in [0.4, 0.5) is 0 Å². The van der Waals surface area contributed by atoms with Crippen LogP contribution < -0.4 is 5.73 Å². The first-order valence-electron chi connectivity index (χ1n) is 5.41. The normalized spacial score (nSPS) is 13.0. The molecule has 0 heterocycles. The van der Waals surface area contributed by atoms with Gasteiger partial charge in [-0.1, -0.05) is 0 Å². The van der Waals surface area contributed by atoms with Crippen LogP contribution in [0.1, 0.15) is 20.3 Å². The Morgan fingerprint density at radius 3 is 2.29 bits per heavy atom. The van der Waals surface area contributed by atoms with Crippen LogP contribution in [0.2, 0.25) is 0 Å². The van der Waals surface area contributed by atoms with Gasteiger partial charge in [-0.2, -0.15) is 0 Å². The molecule has 0 saturated heterocycles. The molecule has 1 amide bonds. The first-order valence-corrected chi connectivity index (χ1v) is 7.24. The van der Waals surface area contributed by atoms with Gasteiger partial charge in [0.2, 0.25) is 5.91 Å². The maximum absolute atomic E-state index is 11.6. The van der Waals surface area contributed by atoms with E-state index in [1.165, 1.54) is 0 Å². The third-order valence-corrected chi connectivity index (χ3v) is 4.45. The van der Waals surface area contributed by atoms with Crippen molar-refractivity contribution in [3.63, 3.8) is 0 Å². The molecule has 0 aromatic rings. The molecule has 0 radical (unpaired) electrons. The van der Waals surface area contributed by atoms with Crippen molar-refractivity contribution in [1.82, 2.24) is 4.90 Å². The van der Waals surface area contributed by atoms with Crippen LogP contribution in [0.5, 0.6) is 0 Å². The van der Waals surface area contributed by atoms with Crippen molar-refractivity contribution < 1.29 is 18.3 Å². The number of rotatable bonds is 8. The Morgan fingerprint density at radius 2 is 1.88 bits per heavy atom. The molecule has 0 spiro atoms. The molecule has 0 aliphatic heterocycles. The summed E-state index contributed by atoms with van der Waals surface area (Å²) in [6.07, 6.45) is -0.143. The number of aliphatic hydroxyl groups excluding tert-OH is 1. The van der Waals surface area contributed by atoms with Crippen molar-refractivity contribution in [2.24, 2.45) is 5.73 Å². The summed E-state index contributed by atoms with van der Waals surface area (Å²) in [5.41, 5.74) is 4.44. The summed E-state index contributed by atoms with van der Waals surface area (Å²) < 4.78 is 23.1. The number of hydrogen-bond donors (Lipinski definition) is 2. The lowest BCUT2D eigenvalue weighted by atomic mass is 10.1. The summed E-state index contributed by atoms with van der Waals surface area (Å²) in [7, 11) is -1.51. The lowest BCUT2D eigenvalue weighted by Crippen LogP contribution is -2.46. The Kier molecular flexibility index (Phi) is 6.08. The predicted octanol–water partition coefficient (Wildman–Crippen LogP) is -1.02. The van der Waals surface area contributed by atoms with Crippen molar-refractivity contribution in [1.29, 1.82) is 0 Å². The number of nitrogens with zero attached hydrogens (tertiary/aromatic N) is 1. The molecule has 0 rings (SSSR count). The number of nitrogens with two attached hydrogens (primary N) is 1. The molecular weight excluding hydrogens is 244 g/mol. The number of aliphatic hydroxyl groups is 1. The molecule has 0 fully saturated rings. The zero-order valence-electron chi connectivity index (χ0n) is 10.6. The highest BCUT2D eigenvalue weighted by molar-refractivity contribution is 7.91. The summed E-state index contributed by atoms with van der Waals surface area (Å²) in [6.45, 7) is 3.91. The van der Waals surface area contributed by atoms with Crippen LogP contribution in [0, 0.1) is 0 Å². The highest BCUT2D eigenvalue weighted by Crippen LogP contribution is 2.10. The highest BCUT2D eigenvalue weighted by atomic mass is 32.2. The zero-order chi connectivity index (χ0) is 13.7. The van der Waals surface area contributed by atoms with E-state index in [9.17, 15) is 13.2 Å². The summed E-state index contributed by atoms with van der Waals surface area (Å²) in [5.74, 6) is -0.867. The quantitative estimate of drug-likeness (QED) is 0.585. The number of hydrogen-bond acceptors (Lipinski definition) is 5. The molecule has 0 saturated carbocycles. The van der Waals surface area contributed by atoms with Crippen LogP contribution in [0.3, 0.4) is 0 Å². The van der Waals surface area contributed by atoms with Crippen LogP contribution in [-0.2, 0) is 14.6 Å². The third kappa shape index (κ3) is 6.60. The van der Waals surface area contributed by atoms with Gasteiger partial charge in [-0.25, -0.2) is 8.42 Å². The number of sulfone groups is 1. The van der Waals surface area contributed by atoms with Crippen molar-refractivity contribution in [3.05, 3.63) is 0 Å². The summed E-state index contributed by atoms with van der Waals surface area (Å²) in [4.78, 5) is 12.3. The minimum atomic E-state index is -3.26. The minimum Gasteiger partial charge on any atom is -0.394 e. The van der Waals surface area contributed by atoms with Crippen LogP contribution >= 0.6 is 0 Å². The molecule has 0 aromatic carbocycles. The molecule has 0 bridgehead atoms. The van der Waals surface area contributed by atoms with E-state index < -0.39 is 21.3 Å². The lowest BCUT2D eigenvalue weighted by Gasteiger charge is -2.33. The molecular formula is C10H22N2O4S. The van der Waals surface area contributed by atoms with Gasteiger partial charge in [-0.3, -0.25) is 9.69 Å². The van der Waals surface area contributed by atoms with E-state index in [1.54, 1.807) is 11.9 Å². The number of primary amides is 1. The Morgan fingerprint density at radius 1 is 1.35 bits per heavy atom. The van der Waals surface area contributed by atoms with E-state index in [-0.39, 0.29) is 24.5 Å². The van der Waals surface area contributed by atoms with Gasteiger partial charge in [0.15, 0.2) is 9.84 Å². The largest absolute Gasteiger partial charge is 0.394 e. The monoisotopic (exact) mass is 266 g/mol. The third-order valence-electron chi connectivity index (χ3n) is 2.82. The van der Waals surface area contributed by atoms with E-state index >= 15 is 0 Å². The van der Waals surface area contributed by atoms with Gasteiger partial charge in [0.25, 0.3) is 0 Å². The second-order valence-corrected chi connectivity index (χ2v) is 7.06. The standard InChI is InChI=1S/C10H22N2O4S/c1-10(2,8-13)12(3)5-7-17(15,16)6-4-9(11)14/h13H,4-8H2,1-3H3,(H2,11,14). The molecule has 17 heavy (non-hydrogen) atoms. The summed E-state index contributed by atoms with van der Waals surface area (Å²) in [6, 6.07) is 0. The fraction of sp³-hybridized carbons (Fsp3) is 0.900. The summed E-state index contributed by atoms with van der Waals surface area (Å²) in [5, 5.41) is 9.12. The van der Waals surface area contributed by atoms with Gasteiger partial charge in [0.1, 0.15) is 0 Å². The Labute approximate surface area is 103 Å². The van der Waals surface area contributed by atoms with Gasteiger partial charge in [0, 0.05) is 18.5 Å². The minimum absolute atomic E-state index is 0.0415. The van der Waals surface area contributed by atoms with Crippen LogP contribution in [0.25, 0.3) is 0 Å². The van der Waals surface area contributed by atoms with Gasteiger partial charge in [-0.05, 0) is 20.9 Å². The first-order chi connectivity index (χ1) is 7.60. The van der Waals surface area contributed by atoms with E-state index in [0.717, 1.165) is 0 Å². The highest BCUT2D eigenvalue weighted by Gasteiger charge is 2.23. The molecule has 0 unspecified atom stereocenters. The zero-order valence-corrected chi connectivity index (χ0v) is 11.5. The predicted molar refractivity (Wildman–Crippen MR) is 66.3 cm³/mol. The average molecular weight is 266 g/mol. The van der Waals surface area contributed by atoms with E-state index in [4.69, 9.17) is 10.8 Å². The van der Waals surface area contributed by atoms with Gasteiger partial charge >= 0.3 is 0 Å². The number of carbonyl (C=O) groups is 1. The molecule has 3 N–H and O–H groups in total. The van der Waals surface area contributed by atoms with Crippen LogP contribution in [0.15, 0.2) is 0 Å². The molecule has 6 nitrogen and oxygen atoms in total. The number of likely N-dealkylation sites (N-methyl/N-ethyl adjacent to an activating group) is 1. The van der Waals surface area contributed by atoms with Crippen molar-refractivity contribution in [3.8, 4) is 0 Å². The smallest absolute Gasteiger partial charge is 0.218 e. The molecule has 102 valence electrons. The van der Waals surface area contributed by atoms with E-state index in [2.05, 4.69) is 0 Å². The Balaban J connectivity index is 4.23. The second kappa shape index (κ2) is 6.32. The average Bonchev–Trinajstić information content (AvgIpc) is 2.23. The first kappa shape index (κ1) is 16.3. The Bertz CT molecular complexity index is 351. The second-order valence-electron chi connectivity index (χ2n) is 4.76. The molecule has 0 aliphatic carbocycles. The fourth-order valence-electron chi connectivity index (χ4n) is 1.06. The number of carbonyl (C=O) groups excluding carboxylic acids is 1. The van der Waals surface area contributed by atoms with Crippen LogP contribution in [-0.4, -0.2) is 61.6 Å². The van der Waals surface area contributed by atoms with E-state index in [0.29, 0.717) is 6.54 Å². The van der Waals surface area contributed by atoms with Gasteiger partial charge in [-0.15, -0.1) is 0 Å². The maximum atomic E-state index is 11.6. The topological polar surface area (TPSA) is 101 Å². The number of amides is 1. The Hall–Kier alpha value is -0.660. The molecule has 0 atom stereocenters. The molecule has 7 heteroatoms. The van der Waals surface area contributed by atoms with Crippen molar-refractivity contribution >= 4 is 15.7 Å². The molecule has 0 aliphatic rings. The van der Waals surface area contributed by atoms with Gasteiger partial charge in [0.05, 0.1) is 18.1 Å². The fourth-order valence-corrected chi connectivity index (χ4v) is 2.33. The van der Waals surface area contributed by atoms with Crippen molar-refractivity contribution in [2.75, 3.05) is 31.7 Å². The van der Waals surface area contributed by atoms with Gasteiger partial charge < -0.3 is 10.8 Å². The summed E-state index contributed by atoms with van der Waals surface area (Å²) >= 11 is 0. The maximum Gasteiger partial charge on any atom is 0.218 e.